The summed E-state index contributed by atoms with van der Waals surface area (Å²) in [6.07, 6.45) is 2.45. The van der Waals surface area contributed by atoms with Crippen molar-refractivity contribution in [2.24, 2.45) is 5.73 Å². The van der Waals surface area contributed by atoms with Crippen LogP contribution in [0.15, 0.2) is 22.7 Å². The number of nitrogens with zero attached hydrogens (tertiary/aromatic N) is 2. The smallest absolute Gasteiger partial charge is 0.106 e. The molecule has 1 aromatic carbocycles. The van der Waals surface area contributed by atoms with E-state index in [-0.39, 0.29) is 0 Å². The summed E-state index contributed by atoms with van der Waals surface area (Å²) in [6, 6.07) is 6.67. The number of anilines is 1. The highest BCUT2D eigenvalue weighted by atomic mass is 79.9. The average molecular weight is 342 g/mol. The molecule has 2 N–H and O–H groups in total. The summed E-state index contributed by atoms with van der Waals surface area (Å²) in [5, 5.41) is 0. The highest BCUT2D eigenvalue weighted by Crippen LogP contribution is 2.31. The molecule has 104 valence electrons. The second-order valence-electron chi connectivity index (χ2n) is 5.28. The van der Waals surface area contributed by atoms with Crippen LogP contribution in [0.2, 0.25) is 0 Å². The fourth-order valence-corrected chi connectivity index (χ4v) is 3.24. The Morgan fingerprint density at radius 1 is 1.53 bits per heavy atom. The first-order valence-corrected chi connectivity index (χ1v) is 7.70. The lowest BCUT2D eigenvalue weighted by Gasteiger charge is -2.30. The van der Waals surface area contributed by atoms with Gasteiger partial charge in [-0.2, -0.15) is 0 Å². The van der Waals surface area contributed by atoms with Crippen LogP contribution in [0.4, 0.5) is 5.69 Å². The lowest BCUT2D eigenvalue weighted by molar-refractivity contribution is 0.372. The van der Waals surface area contributed by atoms with Gasteiger partial charge in [-0.1, -0.05) is 28.1 Å². The van der Waals surface area contributed by atoms with Crippen molar-refractivity contribution in [2.45, 2.75) is 18.9 Å². The van der Waals surface area contributed by atoms with Gasteiger partial charge >= 0.3 is 0 Å². The third-order valence-electron chi connectivity index (χ3n) is 3.49. The summed E-state index contributed by atoms with van der Waals surface area (Å²) in [4.78, 5) is 5.15. The molecule has 0 bridgehead atoms. The molecule has 0 aromatic heterocycles. The van der Waals surface area contributed by atoms with E-state index >= 15 is 0 Å². The Morgan fingerprint density at radius 2 is 2.26 bits per heavy atom. The second kappa shape index (κ2) is 6.20. The van der Waals surface area contributed by atoms with Crippen LogP contribution in [0.1, 0.15) is 18.4 Å². The minimum absolute atomic E-state index is 0.470. The second-order valence-corrected chi connectivity index (χ2v) is 6.63. The van der Waals surface area contributed by atoms with Crippen LogP contribution in [0, 0.1) is 0 Å². The van der Waals surface area contributed by atoms with E-state index in [0.717, 1.165) is 28.8 Å². The van der Waals surface area contributed by atoms with Crippen LogP contribution in [0.25, 0.3) is 0 Å². The molecule has 1 fully saturated rings. The Kier molecular flexibility index (Phi) is 4.81. The van der Waals surface area contributed by atoms with Crippen molar-refractivity contribution in [3.63, 3.8) is 0 Å². The van der Waals surface area contributed by atoms with E-state index in [2.05, 4.69) is 45.9 Å². The van der Waals surface area contributed by atoms with E-state index in [0.29, 0.717) is 11.0 Å². The fraction of sp³-hybridized carbons (Fsp3) is 0.500. The molecule has 1 unspecified atom stereocenters. The number of likely N-dealkylation sites (N-methyl/N-ethyl adjacent to an activating group) is 1. The van der Waals surface area contributed by atoms with Gasteiger partial charge < -0.3 is 15.5 Å². The third kappa shape index (κ3) is 3.46. The molecule has 0 amide bonds. The van der Waals surface area contributed by atoms with Gasteiger partial charge in [0.15, 0.2) is 0 Å². The van der Waals surface area contributed by atoms with Gasteiger partial charge in [-0.3, -0.25) is 0 Å². The van der Waals surface area contributed by atoms with Crippen LogP contribution in [0.3, 0.4) is 0 Å². The van der Waals surface area contributed by atoms with E-state index < -0.39 is 0 Å². The molecule has 1 aliphatic heterocycles. The first-order valence-electron chi connectivity index (χ1n) is 6.50. The monoisotopic (exact) mass is 341 g/mol. The molecule has 1 aromatic rings. The van der Waals surface area contributed by atoms with Gasteiger partial charge in [0.2, 0.25) is 0 Å². The van der Waals surface area contributed by atoms with Crippen molar-refractivity contribution in [3.05, 3.63) is 28.2 Å². The van der Waals surface area contributed by atoms with Crippen molar-refractivity contribution in [1.82, 2.24) is 4.90 Å². The zero-order valence-corrected chi connectivity index (χ0v) is 13.8. The Balaban J connectivity index is 2.34. The highest BCUT2D eigenvalue weighted by molar-refractivity contribution is 9.10. The predicted molar refractivity (Wildman–Crippen MR) is 89.0 cm³/mol. The van der Waals surface area contributed by atoms with Gasteiger partial charge in [0.1, 0.15) is 4.99 Å². The van der Waals surface area contributed by atoms with Gasteiger partial charge in [0, 0.05) is 34.9 Å². The van der Waals surface area contributed by atoms with Crippen LogP contribution in [-0.2, 0) is 0 Å². The standard InChI is InChI=1S/C14H20BrN3S/c1-17(2)9-11-4-3-7-18(11)13-8-10(15)5-6-12(13)14(16)19/h5-6,8,11H,3-4,7,9H2,1-2H3,(H2,16,19). The molecule has 2 rings (SSSR count). The summed E-state index contributed by atoms with van der Waals surface area (Å²) in [6.45, 7) is 2.13. The SMILES string of the molecule is CN(C)CC1CCCN1c1cc(Br)ccc1C(N)=S. The van der Waals surface area contributed by atoms with Crippen molar-refractivity contribution in [2.75, 3.05) is 32.1 Å². The number of rotatable bonds is 4. The zero-order chi connectivity index (χ0) is 14.0. The highest BCUT2D eigenvalue weighted by Gasteiger charge is 2.27. The van der Waals surface area contributed by atoms with Crippen LogP contribution >= 0.6 is 28.1 Å². The Labute approximate surface area is 128 Å². The molecule has 0 radical (unpaired) electrons. The summed E-state index contributed by atoms with van der Waals surface area (Å²) in [5.74, 6) is 0. The summed E-state index contributed by atoms with van der Waals surface area (Å²) < 4.78 is 1.07. The van der Waals surface area contributed by atoms with Gasteiger partial charge in [0.25, 0.3) is 0 Å². The van der Waals surface area contributed by atoms with Crippen LogP contribution in [-0.4, -0.2) is 43.1 Å². The Bertz CT molecular complexity index is 476. The molecule has 19 heavy (non-hydrogen) atoms. The van der Waals surface area contributed by atoms with Gasteiger partial charge in [-0.15, -0.1) is 0 Å². The van der Waals surface area contributed by atoms with Gasteiger partial charge in [-0.05, 0) is 45.1 Å². The maximum atomic E-state index is 5.86. The van der Waals surface area contributed by atoms with E-state index in [1.165, 1.54) is 12.8 Å². The van der Waals surface area contributed by atoms with E-state index in [9.17, 15) is 0 Å². The number of nitrogens with two attached hydrogens (primary N) is 1. The number of halogens is 1. The van der Waals surface area contributed by atoms with Crippen molar-refractivity contribution >= 4 is 38.8 Å². The van der Waals surface area contributed by atoms with Crippen molar-refractivity contribution in [1.29, 1.82) is 0 Å². The molecule has 5 heteroatoms. The van der Waals surface area contributed by atoms with E-state index in [4.69, 9.17) is 18.0 Å². The Morgan fingerprint density at radius 3 is 2.89 bits per heavy atom. The molecular weight excluding hydrogens is 322 g/mol. The summed E-state index contributed by atoms with van der Waals surface area (Å²) >= 11 is 8.72. The maximum absolute atomic E-state index is 5.86. The van der Waals surface area contributed by atoms with Crippen molar-refractivity contribution in [3.8, 4) is 0 Å². The molecule has 0 saturated carbocycles. The first kappa shape index (κ1) is 14.8. The predicted octanol–water partition coefficient (Wildman–Crippen LogP) is 2.61. The minimum atomic E-state index is 0.470. The van der Waals surface area contributed by atoms with Crippen LogP contribution in [0.5, 0.6) is 0 Å². The van der Waals surface area contributed by atoms with Gasteiger partial charge in [-0.25, -0.2) is 0 Å². The molecule has 1 heterocycles. The zero-order valence-electron chi connectivity index (χ0n) is 11.4. The number of hydrogen-bond acceptors (Lipinski definition) is 3. The van der Waals surface area contributed by atoms with Gasteiger partial charge in [0.05, 0.1) is 0 Å². The largest absolute Gasteiger partial charge is 0.389 e. The lowest BCUT2D eigenvalue weighted by Crippen LogP contribution is -2.38. The Hall–Kier alpha value is -0.650. The minimum Gasteiger partial charge on any atom is -0.389 e. The number of hydrogen-bond donors (Lipinski definition) is 1. The first-order chi connectivity index (χ1) is 8.99. The van der Waals surface area contributed by atoms with Crippen molar-refractivity contribution < 1.29 is 0 Å². The topological polar surface area (TPSA) is 32.5 Å². The third-order valence-corrected chi connectivity index (χ3v) is 4.20. The number of benzene rings is 1. The molecule has 3 nitrogen and oxygen atoms in total. The molecular formula is C14H20BrN3S. The average Bonchev–Trinajstić information content (AvgIpc) is 2.75. The molecule has 1 atom stereocenters. The molecule has 1 saturated heterocycles. The fourth-order valence-electron chi connectivity index (χ4n) is 2.71. The molecule has 1 aliphatic rings. The van der Waals surface area contributed by atoms with E-state index in [1.807, 2.05) is 12.1 Å². The quantitative estimate of drug-likeness (QED) is 0.853. The molecule has 0 spiro atoms. The maximum Gasteiger partial charge on any atom is 0.106 e. The molecule has 0 aliphatic carbocycles. The van der Waals surface area contributed by atoms with Crippen LogP contribution < -0.4 is 10.6 Å². The summed E-state index contributed by atoms with van der Waals surface area (Å²) in [7, 11) is 4.23. The van der Waals surface area contributed by atoms with E-state index in [1.54, 1.807) is 0 Å². The normalized spacial score (nSPS) is 19.2. The lowest BCUT2D eigenvalue weighted by atomic mass is 10.1. The number of thiocarbonyl (C=S) groups is 1. The summed E-state index contributed by atoms with van der Waals surface area (Å²) in [5.41, 5.74) is 7.99.